The molecule has 0 aliphatic carbocycles. The molecular formula is C13H16Cl2N4O4S. The van der Waals surface area contributed by atoms with Gasteiger partial charge in [0.25, 0.3) is 0 Å². The largest absolute Gasteiger partial charge is 0.351 e. The van der Waals surface area contributed by atoms with Crippen molar-refractivity contribution >= 4 is 45.2 Å². The van der Waals surface area contributed by atoms with E-state index in [1.54, 1.807) is 4.90 Å². The van der Waals surface area contributed by atoms with Gasteiger partial charge in [0, 0.05) is 26.2 Å². The first-order valence-corrected chi connectivity index (χ1v) is 9.16. The Bertz CT molecular complexity index is 748. The van der Waals surface area contributed by atoms with Gasteiger partial charge in [0.1, 0.15) is 0 Å². The minimum atomic E-state index is -3.68. The van der Waals surface area contributed by atoms with E-state index in [1.807, 2.05) is 5.32 Å². The molecule has 1 aromatic carbocycles. The van der Waals surface area contributed by atoms with Crippen molar-refractivity contribution < 1.29 is 18.0 Å². The lowest BCUT2D eigenvalue weighted by Gasteiger charge is -2.33. The van der Waals surface area contributed by atoms with E-state index in [9.17, 15) is 18.0 Å². The molecule has 3 N–H and O–H groups in total. The molecule has 3 amide bonds. The second-order valence-electron chi connectivity index (χ2n) is 5.17. The van der Waals surface area contributed by atoms with Gasteiger partial charge >= 0.3 is 6.03 Å². The van der Waals surface area contributed by atoms with Gasteiger partial charge in [0.05, 0.1) is 21.5 Å². The first-order chi connectivity index (χ1) is 11.2. The highest BCUT2D eigenvalue weighted by Crippen LogP contribution is 2.26. The highest BCUT2D eigenvalue weighted by Gasteiger charge is 2.29. The van der Waals surface area contributed by atoms with Gasteiger partial charge in [-0.05, 0) is 18.2 Å². The molecule has 1 saturated heterocycles. The fraction of sp³-hybridized carbons (Fsp3) is 0.385. The molecule has 24 heavy (non-hydrogen) atoms. The van der Waals surface area contributed by atoms with Gasteiger partial charge < -0.3 is 5.73 Å². The van der Waals surface area contributed by atoms with E-state index in [-0.39, 0.29) is 34.6 Å². The summed E-state index contributed by atoms with van der Waals surface area (Å²) in [7, 11) is -3.68. The molecule has 1 fully saturated rings. The summed E-state index contributed by atoms with van der Waals surface area (Å²) >= 11 is 11.7. The molecule has 0 spiro atoms. The second-order valence-corrected chi connectivity index (χ2v) is 7.92. The SMILES string of the molecule is NC(=O)NC(=O)CN1CCN(S(=O)(=O)c2ccc(Cl)c(Cl)c2)CC1. The summed E-state index contributed by atoms with van der Waals surface area (Å²) in [6, 6.07) is 3.23. The van der Waals surface area contributed by atoms with E-state index in [4.69, 9.17) is 28.9 Å². The second kappa shape index (κ2) is 7.66. The molecule has 11 heteroatoms. The predicted octanol–water partition coefficient (Wildman–Crippen LogP) is 0.495. The highest BCUT2D eigenvalue weighted by molar-refractivity contribution is 7.89. The first kappa shape index (κ1) is 18.9. The number of nitrogens with two attached hydrogens (primary N) is 1. The number of urea groups is 1. The standard InChI is InChI=1S/C13H16Cl2N4O4S/c14-10-2-1-9(7-11(10)15)24(22,23)19-5-3-18(4-6-19)8-12(20)17-13(16)21/h1-2,7H,3-6,8H2,(H3,16,17,20,21). The minimum absolute atomic E-state index is 0.0242. The van der Waals surface area contributed by atoms with Gasteiger partial charge in [0.2, 0.25) is 15.9 Å². The third-order valence-corrected chi connectivity index (χ3v) is 6.12. The Morgan fingerprint density at radius 3 is 2.29 bits per heavy atom. The number of benzene rings is 1. The summed E-state index contributed by atoms with van der Waals surface area (Å²) in [5.74, 6) is -0.525. The van der Waals surface area contributed by atoms with E-state index >= 15 is 0 Å². The van der Waals surface area contributed by atoms with Crippen LogP contribution in [-0.4, -0.2) is 62.3 Å². The van der Waals surface area contributed by atoms with E-state index in [0.717, 1.165) is 0 Å². The molecule has 0 aromatic heterocycles. The molecule has 0 atom stereocenters. The lowest BCUT2D eigenvalue weighted by Crippen LogP contribution is -2.51. The Labute approximate surface area is 149 Å². The number of imide groups is 1. The van der Waals surface area contributed by atoms with E-state index in [2.05, 4.69) is 0 Å². The molecular weight excluding hydrogens is 379 g/mol. The lowest BCUT2D eigenvalue weighted by atomic mass is 10.3. The van der Waals surface area contributed by atoms with Gasteiger partial charge in [-0.1, -0.05) is 23.2 Å². The van der Waals surface area contributed by atoms with Crippen molar-refractivity contribution in [1.29, 1.82) is 0 Å². The molecule has 0 radical (unpaired) electrons. The fourth-order valence-corrected chi connectivity index (χ4v) is 4.11. The van der Waals surface area contributed by atoms with Crippen molar-refractivity contribution in [2.75, 3.05) is 32.7 Å². The third kappa shape index (κ3) is 4.58. The molecule has 0 saturated carbocycles. The Morgan fingerprint density at radius 1 is 1.12 bits per heavy atom. The number of primary amides is 1. The number of carbonyl (C=O) groups excluding carboxylic acids is 2. The zero-order valence-corrected chi connectivity index (χ0v) is 14.9. The molecule has 1 aromatic rings. The van der Waals surface area contributed by atoms with Crippen LogP contribution in [0.1, 0.15) is 0 Å². The normalized spacial score (nSPS) is 16.8. The molecule has 1 aliphatic heterocycles. The number of sulfonamides is 1. The smallest absolute Gasteiger partial charge is 0.318 e. The van der Waals surface area contributed by atoms with Gasteiger partial charge in [-0.25, -0.2) is 13.2 Å². The van der Waals surface area contributed by atoms with Gasteiger partial charge in [0.15, 0.2) is 0 Å². The molecule has 1 heterocycles. The highest BCUT2D eigenvalue weighted by atomic mass is 35.5. The Kier molecular flexibility index (Phi) is 6.05. The Hall–Kier alpha value is -1.39. The van der Waals surface area contributed by atoms with Crippen molar-refractivity contribution in [2.45, 2.75) is 4.90 Å². The van der Waals surface area contributed by atoms with Gasteiger partial charge in [-0.15, -0.1) is 0 Å². The molecule has 0 unspecified atom stereocenters. The zero-order valence-electron chi connectivity index (χ0n) is 12.5. The molecule has 1 aliphatic rings. The van der Waals surface area contributed by atoms with Crippen molar-refractivity contribution in [1.82, 2.24) is 14.5 Å². The molecule has 0 bridgehead atoms. The Balaban J connectivity index is 1.99. The van der Waals surface area contributed by atoms with Crippen LogP contribution < -0.4 is 11.1 Å². The van der Waals surface area contributed by atoms with Crippen LogP contribution in [0.15, 0.2) is 23.1 Å². The molecule has 2 rings (SSSR count). The molecule has 8 nitrogen and oxygen atoms in total. The average Bonchev–Trinajstić information content (AvgIpc) is 2.49. The average molecular weight is 395 g/mol. The Morgan fingerprint density at radius 2 is 1.75 bits per heavy atom. The number of hydrogen-bond acceptors (Lipinski definition) is 5. The summed E-state index contributed by atoms with van der Waals surface area (Å²) in [6.07, 6.45) is 0. The van der Waals surface area contributed by atoms with Crippen LogP contribution in [0.25, 0.3) is 0 Å². The maximum absolute atomic E-state index is 12.6. The number of carbonyl (C=O) groups is 2. The monoisotopic (exact) mass is 394 g/mol. The molecule has 132 valence electrons. The summed E-state index contributed by atoms with van der Waals surface area (Å²) in [5, 5.41) is 2.41. The van der Waals surface area contributed by atoms with Crippen molar-refractivity contribution in [3.05, 3.63) is 28.2 Å². The zero-order chi connectivity index (χ0) is 17.9. The number of nitrogens with one attached hydrogen (secondary N) is 1. The van der Waals surface area contributed by atoms with Crippen LogP contribution in [0.5, 0.6) is 0 Å². The van der Waals surface area contributed by atoms with Gasteiger partial charge in [-0.3, -0.25) is 15.0 Å². The van der Waals surface area contributed by atoms with Crippen molar-refractivity contribution in [3.63, 3.8) is 0 Å². The van der Waals surface area contributed by atoms with Crippen LogP contribution >= 0.6 is 23.2 Å². The number of halogens is 2. The van der Waals surface area contributed by atoms with E-state index in [1.165, 1.54) is 22.5 Å². The van der Waals surface area contributed by atoms with E-state index < -0.39 is 22.0 Å². The number of hydrogen-bond donors (Lipinski definition) is 2. The van der Waals surface area contributed by atoms with Crippen molar-refractivity contribution in [3.8, 4) is 0 Å². The summed E-state index contributed by atoms with van der Waals surface area (Å²) < 4.78 is 26.5. The first-order valence-electron chi connectivity index (χ1n) is 6.97. The topological polar surface area (TPSA) is 113 Å². The predicted molar refractivity (Wildman–Crippen MR) is 89.4 cm³/mol. The number of piperazine rings is 1. The van der Waals surface area contributed by atoms with Gasteiger partial charge in [-0.2, -0.15) is 4.31 Å². The number of nitrogens with zero attached hydrogens (tertiary/aromatic N) is 2. The number of rotatable bonds is 4. The third-order valence-electron chi connectivity index (χ3n) is 3.49. The summed E-state index contributed by atoms with van der Waals surface area (Å²) in [5.41, 5.74) is 4.87. The minimum Gasteiger partial charge on any atom is -0.351 e. The summed E-state index contributed by atoms with van der Waals surface area (Å²) in [4.78, 5) is 23.9. The summed E-state index contributed by atoms with van der Waals surface area (Å²) in [6.45, 7) is 1.11. The maximum Gasteiger partial charge on any atom is 0.318 e. The van der Waals surface area contributed by atoms with Crippen molar-refractivity contribution in [2.24, 2.45) is 5.73 Å². The van der Waals surface area contributed by atoms with Crippen LogP contribution in [0.4, 0.5) is 4.79 Å². The number of amides is 3. The van der Waals surface area contributed by atoms with E-state index in [0.29, 0.717) is 13.1 Å². The van der Waals surface area contributed by atoms with Crippen LogP contribution in [-0.2, 0) is 14.8 Å². The maximum atomic E-state index is 12.6. The van der Waals surface area contributed by atoms with Crippen LogP contribution in [0.3, 0.4) is 0 Å². The van der Waals surface area contributed by atoms with Crippen LogP contribution in [0, 0.1) is 0 Å². The van der Waals surface area contributed by atoms with Crippen LogP contribution in [0.2, 0.25) is 10.0 Å². The lowest BCUT2D eigenvalue weighted by molar-refractivity contribution is -0.121. The fourth-order valence-electron chi connectivity index (χ4n) is 2.29. The quantitative estimate of drug-likeness (QED) is 0.771.